The van der Waals surface area contributed by atoms with Crippen molar-refractivity contribution in [2.75, 3.05) is 18.4 Å². The van der Waals surface area contributed by atoms with Gasteiger partial charge in [0, 0.05) is 18.1 Å². The minimum absolute atomic E-state index is 0.102. The Bertz CT molecular complexity index is 1280. The lowest BCUT2D eigenvalue weighted by molar-refractivity contribution is 0.446. The van der Waals surface area contributed by atoms with Gasteiger partial charge in [-0.1, -0.05) is 6.07 Å². The topological polar surface area (TPSA) is 87.1 Å². The molecule has 0 atom stereocenters. The molecule has 4 aromatic rings. The number of anilines is 2. The Labute approximate surface area is 163 Å². The summed E-state index contributed by atoms with van der Waals surface area (Å²) in [6.07, 6.45) is 2.79. The standard InChI is InChI=1S/C20H18F2N6O/c21-12-8-13(22)19(24-10-12)25-14-2-1-3-15-18(14)20-26-17(29)9-16(28(20)27-15)11-4-6-23-7-5-11/h1-3,8-11,23H,4-7H2,(H,24,25)(H,26,29). The van der Waals surface area contributed by atoms with Crippen LogP contribution in [0.1, 0.15) is 24.5 Å². The highest BCUT2D eigenvalue weighted by Crippen LogP contribution is 2.32. The number of fused-ring (bicyclic) bond motifs is 3. The molecular weight excluding hydrogens is 378 g/mol. The van der Waals surface area contributed by atoms with E-state index in [2.05, 4.69) is 25.7 Å². The second-order valence-electron chi connectivity index (χ2n) is 7.15. The summed E-state index contributed by atoms with van der Waals surface area (Å²) in [7, 11) is 0. The summed E-state index contributed by atoms with van der Waals surface area (Å²) in [5.41, 5.74) is 2.35. The van der Waals surface area contributed by atoms with Crippen molar-refractivity contribution < 1.29 is 8.78 Å². The molecular formula is C20H18F2N6O. The zero-order valence-corrected chi connectivity index (χ0v) is 15.4. The van der Waals surface area contributed by atoms with E-state index in [4.69, 9.17) is 0 Å². The van der Waals surface area contributed by atoms with Crippen molar-refractivity contribution in [2.45, 2.75) is 18.8 Å². The minimum atomic E-state index is -0.803. The van der Waals surface area contributed by atoms with Gasteiger partial charge in [0.25, 0.3) is 5.56 Å². The third-order valence-electron chi connectivity index (χ3n) is 5.28. The Kier molecular flexibility index (Phi) is 4.24. The molecule has 0 radical (unpaired) electrons. The zero-order valence-electron chi connectivity index (χ0n) is 15.4. The second kappa shape index (κ2) is 6.93. The highest BCUT2D eigenvalue weighted by atomic mass is 19.1. The van der Waals surface area contributed by atoms with Crippen LogP contribution in [0.5, 0.6) is 0 Å². The molecule has 0 bridgehead atoms. The number of halogens is 2. The third kappa shape index (κ3) is 3.13. The quantitative estimate of drug-likeness (QED) is 0.496. The lowest BCUT2D eigenvalue weighted by Gasteiger charge is -2.23. The van der Waals surface area contributed by atoms with E-state index in [0.29, 0.717) is 22.2 Å². The first-order chi connectivity index (χ1) is 14.1. The summed E-state index contributed by atoms with van der Waals surface area (Å²) in [6, 6.07) is 7.71. The van der Waals surface area contributed by atoms with Crippen LogP contribution < -0.4 is 16.2 Å². The number of hydrogen-bond acceptors (Lipinski definition) is 5. The van der Waals surface area contributed by atoms with Crippen LogP contribution in [0.25, 0.3) is 16.6 Å². The van der Waals surface area contributed by atoms with E-state index < -0.39 is 11.6 Å². The molecule has 0 spiro atoms. The lowest BCUT2D eigenvalue weighted by Crippen LogP contribution is -2.28. The molecule has 1 aliphatic heterocycles. The number of H-pyrrole nitrogens is 1. The van der Waals surface area contributed by atoms with Gasteiger partial charge in [-0.25, -0.2) is 18.3 Å². The van der Waals surface area contributed by atoms with Crippen molar-refractivity contribution in [3.05, 3.63) is 64.2 Å². The molecule has 29 heavy (non-hydrogen) atoms. The van der Waals surface area contributed by atoms with E-state index in [0.717, 1.165) is 43.9 Å². The van der Waals surface area contributed by atoms with Gasteiger partial charge in [0.1, 0.15) is 11.5 Å². The molecule has 7 nitrogen and oxygen atoms in total. The van der Waals surface area contributed by atoms with Gasteiger partial charge in [-0.15, -0.1) is 0 Å². The number of nitrogens with one attached hydrogen (secondary N) is 3. The SMILES string of the molecule is O=c1cc(C2CCNCC2)n2nc3cccc(Nc4ncc(F)cc4F)c3c2[nH]1. The highest BCUT2D eigenvalue weighted by Gasteiger charge is 2.21. The smallest absolute Gasteiger partial charge is 0.251 e. The van der Waals surface area contributed by atoms with Gasteiger partial charge < -0.3 is 15.6 Å². The number of rotatable bonds is 3. The van der Waals surface area contributed by atoms with Crippen LogP contribution in [0.3, 0.4) is 0 Å². The van der Waals surface area contributed by atoms with Crippen molar-refractivity contribution >= 4 is 28.1 Å². The average molecular weight is 396 g/mol. The number of aromatic amines is 1. The number of hydrogen-bond donors (Lipinski definition) is 3. The van der Waals surface area contributed by atoms with Crippen molar-refractivity contribution in [3.63, 3.8) is 0 Å². The Morgan fingerprint density at radius 1 is 1.17 bits per heavy atom. The van der Waals surface area contributed by atoms with Crippen LogP contribution in [0.2, 0.25) is 0 Å². The van der Waals surface area contributed by atoms with E-state index in [1.807, 2.05) is 6.07 Å². The molecule has 4 heterocycles. The highest BCUT2D eigenvalue weighted by molar-refractivity contribution is 6.03. The zero-order chi connectivity index (χ0) is 20.0. The molecule has 1 aliphatic rings. The Morgan fingerprint density at radius 2 is 2.00 bits per heavy atom. The second-order valence-corrected chi connectivity index (χ2v) is 7.15. The lowest BCUT2D eigenvalue weighted by atomic mass is 9.94. The molecule has 9 heteroatoms. The van der Waals surface area contributed by atoms with E-state index >= 15 is 0 Å². The minimum Gasteiger partial charge on any atom is -0.337 e. The summed E-state index contributed by atoms with van der Waals surface area (Å²) >= 11 is 0. The maximum Gasteiger partial charge on any atom is 0.251 e. The summed E-state index contributed by atoms with van der Waals surface area (Å²) in [4.78, 5) is 19.0. The van der Waals surface area contributed by atoms with Crippen LogP contribution in [-0.2, 0) is 0 Å². The van der Waals surface area contributed by atoms with Crippen LogP contribution in [0.4, 0.5) is 20.3 Å². The first-order valence-electron chi connectivity index (χ1n) is 9.43. The number of benzene rings is 1. The maximum absolute atomic E-state index is 14.1. The van der Waals surface area contributed by atoms with Crippen molar-refractivity contribution in [2.24, 2.45) is 0 Å². The predicted molar refractivity (Wildman–Crippen MR) is 106 cm³/mol. The van der Waals surface area contributed by atoms with Gasteiger partial charge in [0.2, 0.25) is 0 Å². The molecule has 148 valence electrons. The molecule has 5 rings (SSSR count). The van der Waals surface area contributed by atoms with Crippen molar-refractivity contribution in [1.29, 1.82) is 0 Å². The summed E-state index contributed by atoms with van der Waals surface area (Å²) in [6.45, 7) is 1.78. The van der Waals surface area contributed by atoms with Gasteiger partial charge in [-0.05, 0) is 38.1 Å². The van der Waals surface area contributed by atoms with E-state index in [1.54, 1.807) is 22.7 Å². The number of aromatic nitrogens is 4. The van der Waals surface area contributed by atoms with Crippen LogP contribution in [0, 0.1) is 11.6 Å². The number of pyridine rings is 1. The van der Waals surface area contributed by atoms with Crippen LogP contribution >= 0.6 is 0 Å². The molecule has 0 unspecified atom stereocenters. The Balaban J connectivity index is 1.69. The van der Waals surface area contributed by atoms with Crippen molar-refractivity contribution in [3.8, 4) is 0 Å². The normalized spacial score (nSPS) is 15.2. The maximum atomic E-state index is 14.1. The molecule has 0 aliphatic carbocycles. The predicted octanol–water partition coefficient (Wildman–Crippen LogP) is 3.06. The Hall–Kier alpha value is -3.33. The largest absolute Gasteiger partial charge is 0.337 e. The Morgan fingerprint density at radius 3 is 2.79 bits per heavy atom. The summed E-state index contributed by atoms with van der Waals surface area (Å²) in [5, 5.41) is 11.6. The first kappa shape index (κ1) is 17.7. The fourth-order valence-corrected chi connectivity index (χ4v) is 3.93. The van der Waals surface area contributed by atoms with Gasteiger partial charge in [-0.3, -0.25) is 4.79 Å². The van der Waals surface area contributed by atoms with E-state index in [9.17, 15) is 13.6 Å². The first-order valence-corrected chi connectivity index (χ1v) is 9.43. The molecule has 1 saturated heterocycles. The average Bonchev–Trinajstić information content (AvgIpc) is 3.09. The molecule has 0 saturated carbocycles. The third-order valence-corrected chi connectivity index (χ3v) is 5.28. The fraction of sp³-hybridized carbons (Fsp3) is 0.250. The molecule has 1 aromatic carbocycles. The van der Waals surface area contributed by atoms with E-state index in [-0.39, 0.29) is 17.3 Å². The molecule has 3 N–H and O–H groups in total. The van der Waals surface area contributed by atoms with Gasteiger partial charge >= 0.3 is 0 Å². The molecule has 0 amide bonds. The fourth-order valence-electron chi connectivity index (χ4n) is 3.93. The number of nitrogens with zero attached hydrogens (tertiary/aromatic N) is 3. The summed E-state index contributed by atoms with van der Waals surface area (Å²) < 4.78 is 29.0. The number of piperidine rings is 1. The van der Waals surface area contributed by atoms with E-state index in [1.165, 1.54) is 0 Å². The monoisotopic (exact) mass is 396 g/mol. The molecule has 1 fully saturated rings. The van der Waals surface area contributed by atoms with Gasteiger partial charge in [0.05, 0.1) is 28.5 Å². The van der Waals surface area contributed by atoms with Crippen LogP contribution in [-0.4, -0.2) is 32.7 Å². The van der Waals surface area contributed by atoms with Gasteiger partial charge in [0.15, 0.2) is 11.6 Å². The van der Waals surface area contributed by atoms with Gasteiger partial charge in [-0.2, -0.15) is 5.10 Å². The van der Waals surface area contributed by atoms with Crippen molar-refractivity contribution in [1.82, 2.24) is 24.9 Å². The summed E-state index contributed by atoms with van der Waals surface area (Å²) in [5.74, 6) is -1.43. The van der Waals surface area contributed by atoms with Crippen LogP contribution in [0.15, 0.2) is 41.3 Å². The molecule has 3 aromatic heterocycles.